The standard InChI is InChI=1S/C22H33N3O3.HI/c1-5-18(3)25-22(23-11-10-20-7-6-12-27-20)24-16-19-9-8-17(2)15-21(19)28-14-13-26-4;/h6-9,12,15,18H,5,10-11,13-14,16H2,1-4H3,(H2,23,24,25);1H. The Morgan fingerprint density at radius 1 is 1.24 bits per heavy atom. The van der Waals surface area contributed by atoms with Gasteiger partial charge in [0.05, 0.1) is 19.4 Å². The molecule has 2 N–H and O–H groups in total. The fraction of sp³-hybridized carbons (Fsp3) is 0.500. The first-order chi connectivity index (χ1) is 13.6. The number of rotatable bonds is 11. The molecule has 6 nitrogen and oxygen atoms in total. The summed E-state index contributed by atoms with van der Waals surface area (Å²) in [5.41, 5.74) is 2.22. The van der Waals surface area contributed by atoms with Crippen LogP contribution in [0.2, 0.25) is 0 Å². The zero-order valence-electron chi connectivity index (χ0n) is 17.9. The van der Waals surface area contributed by atoms with Crippen molar-refractivity contribution in [3.05, 3.63) is 53.5 Å². The van der Waals surface area contributed by atoms with Crippen molar-refractivity contribution in [1.82, 2.24) is 10.6 Å². The molecule has 0 spiro atoms. The lowest BCUT2D eigenvalue weighted by Crippen LogP contribution is -2.42. The Morgan fingerprint density at radius 3 is 2.76 bits per heavy atom. The molecule has 1 aromatic carbocycles. The van der Waals surface area contributed by atoms with Gasteiger partial charge in [-0.1, -0.05) is 19.1 Å². The van der Waals surface area contributed by atoms with Gasteiger partial charge in [0.2, 0.25) is 0 Å². The Kier molecular flexibility index (Phi) is 12.5. The summed E-state index contributed by atoms with van der Waals surface area (Å²) in [5, 5.41) is 6.84. The van der Waals surface area contributed by atoms with Crippen molar-refractivity contribution in [2.45, 2.75) is 46.2 Å². The SMILES string of the molecule is CCC(C)NC(=NCc1ccc(C)cc1OCCOC)NCCc1ccco1.I. The highest BCUT2D eigenvalue weighted by atomic mass is 127. The topological polar surface area (TPSA) is 68.0 Å². The van der Waals surface area contributed by atoms with E-state index in [1.165, 1.54) is 0 Å². The zero-order chi connectivity index (χ0) is 20.2. The van der Waals surface area contributed by atoms with Crippen molar-refractivity contribution in [3.8, 4) is 5.75 Å². The molecule has 0 amide bonds. The second kappa shape index (κ2) is 14.3. The van der Waals surface area contributed by atoms with Gasteiger partial charge in [0.1, 0.15) is 18.1 Å². The van der Waals surface area contributed by atoms with E-state index in [1.807, 2.05) is 18.2 Å². The van der Waals surface area contributed by atoms with E-state index in [9.17, 15) is 0 Å². The fourth-order valence-corrected chi connectivity index (χ4v) is 2.57. The molecule has 1 aromatic heterocycles. The number of aryl methyl sites for hydroxylation is 1. The minimum atomic E-state index is 0. The third-order valence-electron chi connectivity index (χ3n) is 4.41. The number of methoxy groups -OCH3 is 1. The predicted octanol–water partition coefficient (Wildman–Crippen LogP) is 4.31. The van der Waals surface area contributed by atoms with Crippen LogP contribution in [0.3, 0.4) is 0 Å². The maximum Gasteiger partial charge on any atom is 0.191 e. The first-order valence-electron chi connectivity index (χ1n) is 9.90. The smallest absolute Gasteiger partial charge is 0.191 e. The van der Waals surface area contributed by atoms with Crippen molar-refractivity contribution in [2.24, 2.45) is 4.99 Å². The first-order valence-corrected chi connectivity index (χ1v) is 9.90. The molecule has 0 bridgehead atoms. The van der Waals surface area contributed by atoms with E-state index in [1.54, 1.807) is 13.4 Å². The number of nitrogens with zero attached hydrogens (tertiary/aromatic N) is 1. The summed E-state index contributed by atoms with van der Waals surface area (Å²) in [7, 11) is 1.67. The number of hydrogen-bond donors (Lipinski definition) is 2. The van der Waals surface area contributed by atoms with Crippen LogP contribution < -0.4 is 15.4 Å². The number of guanidine groups is 1. The molecule has 29 heavy (non-hydrogen) atoms. The first kappa shape index (κ1) is 25.3. The lowest BCUT2D eigenvalue weighted by Gasteiger charge is -2.17. The van der Waals surface area contributed by atoms with Crippen LogP contribution in [0.15, 0.2) is 46.0 Å². The summed E-state index contributed by atoms with van der Waals surface area (Å²) < 4.78 is 16.4. The second-order valence-corrected chi connectivity index (χ2v) is 6.83. The number of benzene rings is 1. The Labute approximate surface area is 191 Å². The van der Waals surface area contributed by atoms with Crippen LogP contribution in [0.25, 0.3) is 0 Å². The molecule has 0 aliphatic rings. The maximum absolute atomic E-state index is 5.88. The molecule has 162 valence electrons. The van der Waals surface area contributed by atoms with Crippen molar-refractivity contribution < 1.29 is 13.9 Å². The second-order valence-electron chi connectivity index (χ2n) is 6.83. The van der Waals surface area contributed by atoms with E-state index < -0.39 is 0 Å². The van der Waals surface area contributed by atoms with Crippen molar-refractivity contribution in [1.29, 1.82) is 0 Å². The van der Waals surface area contributed by atoms with Gasteiger partial charge in [0.25, 0.3) is 0 Å². The van der Waals surface area contributed by atoms with E-state index in [0.29, 0.717) is 25.8 Å². The van der Waals surface area contributed by atoms with Gasteiger partial charge in [0, 0.05) is 31.7 Å². The van der Waals surface area contributed by atoms with Gasteiger partial charge in [-0.25, -0.2) is 4.99 Å². The number of ether oxygens (including phenoxy) is 2. The fourth-order valence-electron chi connectivity index (χ4n) is 2.57. The molecule has 2 rings (SSSR count). The molecular formula is C22H34IN3O3. The number of furan rings is 1. The molecule has 0 fully saturated rings. The lowest BCUT2D eigenvalue weighted by molar-refractivity contribution is 0.145. The molecule has 0 aliphatic heterocycles. The van der Waals surface area contributed by atoms with E-state index in [2.05, 4.69) is 43.5 Å². The van der Waals surface area contributed by atoms with Crippen molar-refractivity contribution >= 4 is 29.9 Å². The quantitative estimate of drug-likeness (QED) is 0.202. The molecular weight excluding hydrogens is 481 g/mol. The Bertz CT molecular complexity index is 720. The highest BCUT2D eigenvalue weighted by Gasteiger charge is 2.07. The molecule has 0 radical (unpaired) electrons. The number of nitrogens with one attached hydrogen (secondary N) is 2. The molecule has 7 heteroatoms. The normalized spacial score (nSPS) is 12.2. The monoisotopic (exact) mass is 515 g/mol. The third kappa shape index (κ3) is 9.54. The largest absolute Gasteiger partial charge is 0.491 e. The van der Waals surface area contributed by atoms with E-state index >= 15 is 0 Å². The van der Waals surface area contributed by atoms with E-state index in [0.717, 1.165) is 48.0 Å². The summed E-state index contributed by atoms with van der Waals surface area (Å²) in [6, 6.07) is 10.4. The van der Waals surface area contributed by atoms with Gasteiger partial charge in [-0.3, -0.25) is 0 Å². The highest BCUT2D eigenvalue weighted by Crippen LogP contribution is 2.21. The average Bonchev–Trinajstić information content (AvgIpc) is 3.20. The number of hydrogen-bond acceptors (Lipinski definition) is 4. The Balaban J connectivity index is 0.00000420. The van der Waals surface area contributed by atoms with Crippen molar-refractivity contribution in [2.75, 3.05) is 26.9 Å². The van der Waals surface area contributed by atoms with Gasteiger partial charge in [-0.15, -0.1) is 24.0 Å². The molecule has 1 unspecified atom stereocenters. The van der Waals surface area contributed by atoms with Crippen LogP contribution >= 0.6 is 24.0 Å². The summed E-state index contributed by atoms with van der Waals surface area (Å²) in [6.07, 6.45) is 3.53. The van der Waals surface area contributed by atoms with Gasteiger partial charge in [-0.2, -0.15) is 0 Å². The van der Waals surface area contributed by atoms with Gasteiger partial charge < -0.3 is 24.5 Å². The van der Waals surface area contributed by atoms with E-state index in [-0.39, 0.29) is 24.0 Å². The van der Waals surface area contributed by atoms with Gasteiger partial charge in [-0.05, 0) is 44.0 Å². The van der Waals surface area contributed by atoms with Crippen LogP contribution in [-0.2, 0) is 17.7 Å². The summed E-state index contributed by atoms with van der Waals surface area (Å²) in [6.45, 7) is 8.73. The molecule has 1 atom stereocenters. The summed E-state index contributed by atoms with van der Waals surface area (Å²) >= 11 is 0. The number of halogens is 1. The summed E-state index contributed by atoms with van der Waals surface area (Å²) in [4.78, 5) is 4.77. The van der Waals surface area contributed by atoms with E-state index in [4.69, 9.17) is 18.9 Å². The van der Waals surface area contributed by atoms with Gasteiger partial charge in [0.15, 0.2) is 5.96 Å². The molecule has 0 saturated heterocycles. The minimum Gasteiger partial charge on any atom is -0.491 e. The van der Waals surface area contributed by atoms with Crippen LogP contribution in [-0.4, -0.2) is 38.9 Å². The van der Waals surface area contributed by atoms with Crippen LogP contribution in [0, 0.1) is 6.92 Å². The van der Waals surface area contributed by atoms with Crippen molar-refractivity contribution in [3.63, 3.8) is 0 Å². The predicted molar refractivity (Wildman–Crippen MR) is 128 cm³/mol. The maximum atomic E-state index is 5.88. The molecule has 1 heterocycles. The summed E-state index contributed by atoms with van der Waals surface area (Å²) in [5.74, 6) is 2.62. The lowest BCUT2D eigenvalue weighted by atomic mass is 10.1. The van der Waals surface area contributed by atoms with Gasteiger partial charge >= 0.3 is 0 Å². The van der Waals surface area contributed by atoms with Crippen LogP contribution in [0.5, 0.6) is 5.75 Å². The third-order valence-corrected chi connectivity index (χ3v) is 4.41. The van der Waals surface area contributed by atoms with Crippen LogP contribution in [0.4, 0.5) is 0 Å². The highest BCUT2D eigenvalue weighted by molar-refractivity contribution is 14.0. The minimum absolute atomic E-state index is 0. The van der Waals surface area contributed by atoms with Crippen LogP contribution in [0.1, 0.15) is 37.2 Å². The molecule has 0 aliphatic carbocycles. The molecule has 2 aromatic rings. The molecule has 0 saturated carbocycles. The average molecular weight is 515 g/mol. The Hall–Kier alpha value is -1.74. The number of aliphatic imine (C=N–C) groups is 1. The zero-order valence-corrected chi connectivity index (χ0v) is 20.2. The Morgan fingerprint density at radius 2 is 2.07 bits per heavy atom.